The fourth-order valence-corrected chi connectivity index (χ4v) is 10.4. The van der Waals surface area contributed by atoms with Gasteiger partial charge in [0.2, 0.25) is 27.7 Å². The van der Waals surface area contributed by atoms with Gasteiger partial charge in [-0.25, -0.2) is 23.2 Å². The summed E-state index contributed by atoms with van der Waals surface area (Å²) < 4.78 is 40.3. The molecule has 3 bridgehead atoms. The number of alkyl carbamates (subject to hydrolysis) is 1. The molecule has 0 radical (unpaired) electrons. The van der Waals surface area contributed by atoms with Crippen LogP contribution in [0.1, 0.15) is 115 Å². The Bertz CT molecular complexity index is 2000. The van der Waals surface area contributed by atoms with Crippen LogP contribution in [0.15, 0.2) is 36.4 Å². The molecular weight excluding hydrogens is 737 g/mol. The molecule has 4 heterocycles. The molecule has 1 unspecified atom stereocenters. The number of hydrogen-bond acceptors (Lipinski definition) is 10. The first-order chi connectivity index (χ1) is 26.9. The Morgan fingerprint density at radius 3 is 2.48 bits per heavy atom. The van der Waals surface area contributed by atoms with Crippen molar-refractivity contribution in [3.05, 3.63) is 42.1 Å². The smallest absolute Gasteiger partial charge is 0.408 e. The number of carbonyl (C=O) groups is 4. The van der Waals surface area contributed by atoms with Crippen LogP contribution < -0.4 is 20.1 Å². The minimum atomic E-state index is -3.98. The van der Waals surface area contributed by atoms with Crippen LogP contribution in [0.3, 0.4) is 0 Å². The number of nitrogens with zero attached hydrogens (tertiary/aromatic N) is 3. The lowest BCUT2D eigenvalue weighted by Crippen LogP contribution is -2.58. The molecule has 14 nitrogen and oxygen atoms in total. The maximum absolute atomic E-state index is 14.7. The highest BCUT2D eigenvalue weighted by molar-refractivity contribution is 7.91. The third-order valence-corrected chi connectivity index (χ3v) is 15.1. The van der Waals surface area contributed by atoms with E-state index in [0.717, 1.165) is 63.3 Å². The van der Waals surface area contributed by atoms with E-state index >= 15 is 0 Å². The fraction of sp³-hybridized carbons (Fsp3) is 0.659. The zero-order chi connectivity index (χ0) is 39.1. The predicted molar refractivity (Wildman–Crippen MR) is 207 cm³/mol. The summed E-state index contributed by atoms with van der Waals surface area (Å²) in [6.45, 7) is 1.63. The van der Waals surface area contributed by atoms with E-state index in [1.54, 1.807) is 6.92 Å². The van der Waals surface area contributed by atoms with Gasteiger partial charge in [-0.3, -0.25) is 19.1 Å². The number of carbonyl (C=O) groups excluding carboxylic acids is 4. The van der Waals surface area contributed by atoms with E-state index in [9.17, 15) is 27.6 Å². The van der Waals surface area contributed by atoms with Crippen molar-refractivity contribution in [1.29, 1.82) is 0 Å². The Morgan fingerprint density at radius 1 is 0.929 bits per heavy atom. The first-order valence-corrected chi connectivity index (χ1v) is 22.2. The van der Waals surface area contributed by atoms with E-state index in [0.29, 0.717) is 55.6 Å². The van der Waals surface area contributed by atoms with Gasteiger partial charge >= 0.3 is 6.09 Å². The molecule has 3 saturated carbocycles. The monoisotopic (exact) mass is 790 g/mol. The van der Waals surface area contributed by atoms with E-state index in [4.69, 9.17) is 19.4 Å². The van der Waals surface area contributed by atoms with Crippen molar-refractivity contribution in [3.8, 4) is 5.88 Å². The maximum Gasteiger partial charge on any atom is 0.408 e. The molecule has 1 aromatic heterocycles. The minimum Gasteiger partial charge on any atom is -0.471 e. The molecule has 1 saturated heterocycles. The van der Waals surface area contributed by atoms with Crippen molar-refractivity contribution in [2.24, 2.45) is 11.8 Å². The molecule has 1 aromatic carbocycles. The predicted octanol–water partition coefficient (Wildman–Crippen LogP) is 4.75. The summed E-state index contributed by atoms with van der Waals surface area (Å²) >= 11 is 0. The first-order valence-electron chi connectivity index (χ1n) is 20.7. The number of ether oxygens (including phenoxy) is 2. The average molecular weight is 791 g/mol. The highest BCUT2D eigenvalue weighted by Gasteiger charge is 2.63. The van der Waals surface area contributed by atoms with Crippen molar-refractivity contribution in [3.63, 3.8) is 0 Å². The van der Waals surface area contributed by atoms with Crippen molar-refractivity contribution < 1.29 is 37.1 Å². The highest BCUT2D eigenvalue weighted by atomic mass is 32.2. The van der Waals surface area contributed by atoms with E-state index in [-0.39, 0.29) is 31.4 Å². The van der Waals surface area contributed by atoms with Crippen LogP contribution in [0.4, 0.5) is 4.79 Å². The molecule has 6 aliphatic rings. The number of fused-ring (bicyclic) bond motifs is 6. The standard InChI is InChI=1S/C41H54N6O8S/c1-40(21-22-40)56(52,53)46-38(50)41-24-27(41)15-7-3-2-4-8-19-32-37(49)47-25-28(23-33(47)35(48)45-41)54-36-31(42-29-16-10-11-17-30(29)43-36)18-9-5-6-13-26-14-12-20-34(26)55-39(51)44-32/h7,10-11,15-17,26-28,32-34H,2-6,8-9,12-14,18-25H2,1H3,(H,44,51)(H,45,48)(H,46,50)/b15-7-/t26-,27-,28-,32+,33+,34-,41?/m1/s1. The second-order valence-corrected chi connectivity index (χ2v) is 19.3. The van der Waals surface area contributed by atoms with Crippen LogP contribution in [0.5, 0.6) is 5.88 Å². The van der Waals surface area contributed by atoms with Gasteiger partial charge in [-0.2, -0.15) is 0 Å². The molecule has 3 aliphatic carbocycles. The summed E-state index contributed by atoms with van der Waals surface area (Å²) in [6, 6.07) is 5.56. The SMILES string of the molecule is CC1(S(=O)(=O)NC(=O)C23C[C@H]2/C=C\CCCCC[C@@H]2NC(=O)O[C@@H]4CCC[C@H]4CCCCCc4nc5ccccc5nc4O[C@@H]4C[C@@H](C(=O)N3)N(C4)C2=O)CC1. The Morgan fingerprint density at radius 2 is 1.68 bits per heavy atom. The van der Waals surface area contributed by atoms with Gasteiger partial charge in [-0.05, 0) is 102 Å². The third kappa shape index (κ3) is 7.97. The molecule has 4 amide bonds. The number of allylic oxidation sites excluding steroid dienone is 1. The van der Waals surface area contributed by atoms with Gasteiger partial charge in [0.1, 0.15) is 35.5 Å². The molecule has 15 heteroatoms. The first kappa shape index (κ1) is 38.6. The third-order valence-electron chi connectivity index (χ3n) is 13.0. The van der Waals surface area contributed by atoms with Crippen molar-refractivity contribution in [2.45, 2.75) is 151 Å². The lowest BCUT2D eigenvalue weighted by Gasteiger charge is -2.30. The van der Waals surface area contributed by atoms with Gasteiger partial charge in [-0.1, -0.05) is 50.0 Å². The number of hydrogen-bond donors (Lipinski definition) is 3. The molecule has 7 atom stereocenters. The Kier molecular flexibility index (Phi) is 10.7. The fourth-order valence-electron chi connectivity index (χ4n) is 9.06. The number of nitrogens with one attached hydrogen (secondary N) is 3. The quantitative estimate of drug-likeness (QED) is 0.367. The number of para-hydroxylation sites is 2. The number of aryl methyl sites for hydroxylation is 1. The van der Waals surface area contributed by atoms with Crippen molar-refractivity contribution in [2.75, 3.05) is 6.54 Å². The lowest BCUT2D eigenvalue weighted by molar-refractivity contribution is -0.141. The number of aromatic nitrogens is 2. The molecule has 4 fully saturated rings. The number of benzene rings is 1. The summed E-state index contributed by atoms with van der Waals surface area (Å²) in [6.07, 6.45) is 14.0. The second kappa shape index (κ2) is 15.6. The van der Waals surface area contributed by atoms with Gasteiger partial charge in [0.15, 0.2) is 0 Å². The van der Waals surface area contributed by atoms with Crippen molar-refractivity contribution >= 4 is 44.9 Å². The molecule has 3 N–H and O–H groups in total. The summed E-state index contributed by atoms with van der Waals surface area (Å²) in [5, 5.41) is 5.82. The topological polar surface area (TPSA) is 186 Å². The lowest BCUT2D eigenvalue weighted by atomic mass is 9.97. The van der Waals surface area contributed by atoms with Gasteiger partial charge < -0.3 is 25.0 Å². The summed E-state index contributed by atoms with van der Waals surface area (Å²) in [5.74, 6) is -1.61. The van der Waals surface area contributed by atoms with Crippen molar-refractivity contribution in [1.82, 2.24) is 30.2 Å². The largest absolute Gasteiger partial charge is 0.471 e. The van der Waals surface area contributed by atoms with Crippen LogP contribution in [-0.2, 0) is 35.6 Å². The Balaban J connectivity index is 1.13. The molecule has 8 rings (SSSR count). The molecule has 3 aliphatic heterocycles. The summed E-state index contributed by atoms with van der Waals surface area (Å²) in [7, 11) is -3.98. The molecule has 56 heavy (non-hydrogen) atoms. The molecule has 0 spiro atoms. The van der Waals surface area contributed by atoms with Crippen LogP contribution in [0.2, 0.25) is 0 Å². The molecule has 302 valence electrons. The molecule has 2 aromatic rings. The Labute approximate surface area is 328 Å². The normalized spacial score (nSPS) is 33.0. The second-order valence-electron chi connectivity index (χ2n) is 17.1. The van der Waals surface area contributed by atoms with Gasteiger partial charge in [0, 0.05) is 12.3 Å². The Hall–Kier alpha value is -4.27. The van der Waals surface area contributed by atoms with Gasteiger partial charge in [0.05, 0.1) is 22.3 Å². The van der Waals surface area contributed by atoms with E-state index < -0.39 is 68.2 Å². The zero-order valence-electron chi connectivity index (χ0n) is 32.2. The van der Waals surface area contributed by atoms with E-state index in [2.05, 4.69) is 15.4 Å². The molecular formula is C41H54N6O8S. The van der Waals surface area contributed by atoms with Gasteiger partial charge in [0.25, 0.3) is 5.91 Å². The number of rotatable bonds is 3. The zero-order valence-corrected chi connectivity index (χ0v) is 33.0. The van der Waals surface area contributed by atoms with Gasteiger partial charge in [-0.15, -0.1) is 0 Å². The number of amides is 4. The van der Waals surface area contributed by atoms with E-state index in [1.165, 1.54) is 4.90 Å². The van der Waals surface area contributed by atoms with Crippen LogP contribution in [-0.4, -0.2) is 88.2 Å². The average Bonchev–Trinajstić information content (AvgIpc) is 3.97. The summed E-state index contributed by atoms with van der Waals surface area (Å²) in [5.41, 5.74) is 0.638. The van der Waals surface area contributed by atoms with Crippen LogP contribution >= 0.6 is 0 Å². The van der Waals surface area contributed by atoms with Crippen LogP contribution in [0.25, 0.3) is 11.0 Å². The maximum atomic E-state index is 14.7. The highest BCUT2D eigenvalue weighted by Crippen LogP contribution is 2.47. The summed E-state index contributed by atoms with van der Waals surface area (Å²) in [4.78, 5) is 67.9. The minimum absolute atomic E-state index is 0.0258. The van der Waals surface area contributed by atoms with Crippen LogP contribution in [0, 0.1) is 11.8 Å². The van der Waals surface area contributed by atoms with E-state index in [1.807, 2.05) is 36.4 Å². The number of sulfonamides is 1.